The molecule has 4 rings (SSSR count). The minimum atomic E-state index is -0.140. The molecule has 3 fully saturated rings. The molecule has 54 heavy (non-hydrogen) atoms. The SMILES string of the molecule is CC(C)CCCC(C)C1CCC2C3CC=C4CC(OC(=O)CCCC(=O)N(CCCCNCCC(C)N)CCC(C)N)CCC4(C)C3CCC12C.Cl.Cl.Cl. The third-order valence-corrected chi connectivity index (χ3v) is 14.3. The average molecular weight is 823 g/mol. The Labute approximate surface area is 350 Å². The van der Waals surface area contributed by atoms with Crippen molar-refractivity contribution in [1.29, 1.82) is 0 Å². The molecule has 0 heterocycles. The van der Waals surface area contributed by atoms with Crippen molar-refractivity contribution in [3.8, 4) is 0 Å². The van der Waals surface area contributed by atoms with Crippen molar-refractivity contribution in [3.63, 3.8) is 0 Å². The predicted molar refractivity (Wildman–Crippen MR) is 234 cm³/mol. The fourth-order valence-corrected chi connectivity index (χ4v) is 11.3. The molecular formula is C44H83Cl3N4O3. The third kappa shape index (κ3) is 14.1. The summed E-state index contributed by atoms with van der Waals surface area (Å²) in [5.74, 6) is 4.99. The first-order valence-electron chi connectivity index (χ1n) is 21.6. The molecule has 1 amide bonds. The number of nitrogens with one attached hydrogen (secondary N) is 1. The number of nitrogens with zero attached hydrogens (tertiary/aromatic N) is 1. The van der Waals surface area contributed by atoms with Gasteiger partial charge in [-0.2, -0.15) is 0 Å². The van der Waals surface area contributed by atoms with Gasteiger partial charge in [0.25, 0.3) is 0 Å². The van der Waals surface area contributed by atoms with Gasteiger partial charge in [0.1, 0.15) is 6.10 Å². The first kappa shape index (κ1) is 51.4. The van der Waals surface area contributed by atoms with Crippen LogP contribution in [0.25, 0.3) is 0 Å². The molecule has 7 nitrogen and oxygen atoms in total. The third-order valence-electron chi connectivity index (χ3n) is 14.3. The maximum atomic E-state index is 13.2. The van der Waals surface area contributed by atoms with Crippen molar-refractivity contribution in [2.45, 2.75) is 182 Å². The number of ether oxygens (including phenoxy) is 1. The van der Waals surface area contributed by atoms with Crippen molar-refractivity contribution >= 4 is 49.1 Å². The molecular weight excluding hydrogens is 739 g/mol. The van der Waals surface area contributed by atoms with E-state index in [1.165, 1.54) is 51.4 Å². The van der Waals surface area contributed by atoms with Gasteiger partial charge in [-0.15, -0.1) is 37.2 Å². The van der Waals surface area contributed by atoms with E-state index in [-0.39, 0.29) is 72.7 Å². The Hall–Kier alpha value is -0.570. The highest BCUT2D eigenvalue weighted by Gasteiger charge is 2.59. The van der Waals surface area contributed by atoms with E-state index in [1.54, 1.807) is 5.57 Å². The number of nitrogens with two attached hydrogens (primary N) is 2. The molecule has 318 valence electrons. The smallest absolute Gasteiger partial charge is 0.306 e. The first-order valence-corrected chi connectivity index (χ1v) is 21.6. The summed E-state index contributed by atoms with van der Waals surface area (Å²) in [4.78, 5) is 28.2. The molecule has 3 saturated carbocycles. The van der Waals surface area contributed by atoms with E-state index in [2.05, 4.69) is 46.0 Å². The van der Waals surface area contributed by atoms with Gasteiger partial charge in [0.15, 0.2) is 0 Å². The van der Waals surface area contributed by atoms with Crippen LogP contribution in [0.3, 0.4) is 0 Å². The fraction of sp³-hybridized carbons (Fsp3) is 0.909. The van der Waals surface area contributed by atoms with E-state index in [0.29, 0.717) is 31.2 Å². The van der Waals surface area contributed by atoms with E-state index in [4.69, 9.17) is 16.2 Å². The van der Waals surface area contributed by atoms with E-state index < -0.39 is 0 Å². The summed E-state index contributed by atoms with van der Waals surface area (Å²) in [6.07, 6.45) is 21.5. The van der Waals surface area contributed by atoms with Crippen molar-refractivity contribution in [3.05, 3.63) is 11.6 Å². The molecule has 0 aromatic carbocycles. The summed E-state index contributed by atoms with van der Waals surface area (Å²) < 4.78 is 6.11. The van der Waals surface area contributed by atoms with Crippen LogP contribution in [0.2, 0.25) is 0 Å². The van der Waals surface area contributed by atoms with Gasteiger partial charge in [0.2, 0.25) is 5.91 Å². The lowest BCUT2D eigenvalue weighted by Crippen LogP contribution is -2.51. The second kappa shape index (κ2) is 24.4. The quantitative estimate of drug-likeness (QED) is 0.0604. The lowest BCUT2D eigenvalue weighted by atomic mass is 9.47. The number of carbonyl (C=O) groups excluding carboxylic acids is 2. The van der Waals surface area contributed by atoms with Crippen LogP contribution in [0.5, 0.6) is 0 Å². The van der Waals surface area contributed by atoms with Gasteiger partial charge in [-0.25, -0.2) is 0 Å². The summed E-state index contributed by atoms with van der Waals surface area (Å²) in [6.45, 7) is 19.8. The predicted octanol–water partition coefficient (Wildman–Crippen LogP) is 10.0. The maximum Gasteiger partial charge on any atom is 0.306 e. The van der Waals surface area contributed by atoms with E-state index in [0.717, 1.165) is 100 Å². The number of rotatable bonds is 21. The lowest BCUT2D eigenvalue weighted by Gasteiger charge is -2.58. The van der Waals surface area contributed by atoms with Gasteiger partial charge in [-0.05, 0) is 150 Å². The molecule has 0 aliphatic heterocycles. The molecule has 10 heteroatoms. The zero-order valence-corrected chi connectivity index (χ0v) is 37.8. The fourth-order valence-electron chi connectivity index (χ4n) is 11.3. The average Bonchev–Trinajstić information content (AvgIpc) is 3.42. The van der Waals surface area contributed by atoms with Crippen molar-refractivity contribution in [2.24, 2.45) is 57.8 Å². The molecule has 0 radical (unpaired) electrons. The van der Waals surface area contributed by atoms with Crippen LogP contribution < -0.4 is 16.8 Å². The monoisotopic (exact) mass is 821 g/mol. The number of unbranched alkanes of at least 4 members (excludes halogenated alkanes) is 1. The Morgan fingerprint density at radius 2 is 1.54 bits per heavy atom. The van der Waals surface area contributed by atoms with Gasteiger partial charge in [0, 0.05) is 44.4 Å². The highest BCUT2D eigenvalue weighted by atomic mass is 35.5. The number of carbonyl (C=O) groups is 2. The van der Waals surface area contributed by atoms with E-state index >= 15 is 0 Å². The number of amides is 1. The highest BCUT2D eigenvalue weighted by Crippen LogP contribution is 2.67. The van der Waals surface area contributed by atoms with Crippen LogP contribution in [0, 0.1) is 46.3 Å². The molecule has 0 spiro atoms. The van der Waals surface area contributed by atoms with E-state index in [1.807, 2.05) is 18.7 Å². The number of halogens is 3. The molecule has 4 aliphatic carbocycles. The first-order chi connectivity index (χ1) is 24.2. The van der Waals surface area contributed by atoms with Gasteiger partial charge in [0.05, 0.1) is 0 Å². The number of hydrogen-bond donors (Lipinski definition) is 3. The zero-order chi connectivity index (χ0) is 37.2. The summed E-state index contributed by atoms with van der Waals surface area (Å²) in [5.41, 5.74) is 14.2. The molecule has 5 N–H and O–H groups in total. The van der Waals surface area contributed by atoms with Gasteiger partial charge >= 0.3 is 5.97 Å². The second-order valence-electron chi connectivity index (χ2n) is 18.9. The molecule has 10 unspecified atom stereocenters. The number of fused-ring (bicyclic) bond motifs is 5. The standard InChI is InChI=1S/C44H80N4O3.3ClH/c1-31(2)12-10-13-32(3)38-18-19-39-37-17-16-35-30-36(20-24-43(35,6)40(37)21-25-44(38,39)7)51-42(50)15-11-14-41(49)48(29-23-34(5)46)28-9-8-26-47-27-22-33(4)45;;;/h16,31-34,36-40,47H,8-15,17-30,45-46H2,1-7H3;3*1H. The summed E-state index contributed by atoms with van der Waals surface area (Å²) in [5, 5.41) is 3.44. The van der Waals surface area contributed by atoms with Crippen LogP contribution in [-0.2, 0) is 14.3 Å². The maximum absolute atomic E-state index is 13.2. The zero-order valence-electron chi connectivity index (χ0n) is 35.4. The van der Waals surface area contributed by atoms with Crippen molar-refractivity contribution < 1.29 is 14.3 Å². The number of esters is 1. The summed E-state index contributed by atoms with van der Waals surface area (Å²) in [6, 6.07) is 0.276. The summed E-state index contributed by atoms with van der Waals surface area (Å²) >= 11 is 0. The number of allylic oxidation sites excluding steroid dienone is 1. The lowest BCUT2D eigenvalue weighted by molar-refractivity contribution is -0.151. The Morgan fingerprint density at radius 1 is 0.815 bits per heavy atom. The summed E-state index contributed by atoms with van der Waals surface area (Å²) in [7, 11) is 0. The molecule has 4 aliphatic rings. The Morgan fingerprint density at radius 3 is 2.22 bits per heavy atom. The van der Waals surface area contributed by atoms with Crippen LogP contribution in [0.4, 0.5) is 0 Å². The van der Waals surface area contributed by atoms with Crippen molar-refractivity contribution in [2.75, 3.05) is 26.2 Å². The molecule has 10 atom stereocenters. The minimum absolute atomic E-state index is 0. The normalized spacial score (nSPS) is 30.2. The largest absolute Gasteiger partial charge is 0.462 e. The molecule has 0 aromatic heterocycles. The molecule has 0 aromatic rings. The topological polar surface area (TPSA) is 111 Å². The minimum Gasteiger partial charge on any atom is -0.462 e. The van der Waals surface area contributed by atoms with Crippen LogP contribution >= 0.6 is 37.2 Å². The van der Waals surface area contributed by atoms with Crippen LogP contribution in [0.1, 0.15) is 164 Å². The second-order valence-corrected chi connectivity index (χ2v) is 18.9. The highest BCUT2D eigenvalue weighted by molar-refractivity contribution is 5.86. The van der Waals surface area contributed by atoms with Crippen LogP contribution in [-0.4, -0.2) is 61.1 Å². The van der Waals surface area contributed by atoms with Gasteiger partial charge < -0.3 is 26.4 Å². The Bertz CT molecular complexity index is 1140. The Kier molecular flexibility index (Phi) is 23.2. The molecule has 0 bridgehead atoms. The van der Waals surface area contributed by atoms with Crippen LogP contribution in [0.15, 0.2) is 11.6 Å². The Balaban J connectivity index is 0.00000486. The van der Waals surface area contributed by atoms with E-state index in [9.17, 15) is 9.59 Å². The van der Waals surface area contributed by atoms with Gasteiger partial charge in [-0.1, -0.05) is 65.5 Å². The number of hydrogen-bond acceptors (Lipinski definition) is 6. The molecule has 0 saturated heterocycles. The van der Waals surface area contributed by atoms with Crippen molar-refractivity contribution in [1.82, 2.24) is 10.2 Å². The van der Waals surface area contributed by atoms with Gasteiger partial charge in [-0.3, -0.25) is 9.59 Å².